The fourth-order valence-electron chi connectivity index (χ4n) is 2.66. The van der Waals surface area contributed by atoms with E-state index in [0.29, 0.717) is 23.4 Å². The van der Waals surface area contributed by atoms with Crippen LogP contribution in [0.5, 0.6) is 0 Å². The molecule has 0 unspecified atom stereocenters. The molecule has 3 rings (SSSR count). The van der Waals surface area contributed by atoms with Gasteiger partial charge >= 0.3 is 0 Å². The predicted octanol–water partition coefficient (Wildman–Crippen LogP) is 2.71. The van der Waals surface area contributed by atoms with Gasteiger partial charge in [0.25, 0.3) is 17.4 Å². The van der Waals surface area contributed by atoms with Gasteiger partial charge in [-0.15, -0.1) is 0 Å². The SMILES string of the molecule is CCCn1ccc(C(=O)Nc2cc(C(=O)NC3CC3)ccc2C)cc1=O. The first-order valence-electron chi connectivity index (χ1n) is 8.91. The van der Waals surface area contributed by atoms with E-state index in [-0.39, 0.29) is 23.4 Å². The van der Waals surface area contributed by atoms with Crippen LogP contribution in [0.4, 0.5) is 5.69 Å². The number of anilines is 1. The van der Waals surface area contributed by atoms with Crippen LogP contribution in [-0.4, -0.2) is 22.4 Å². The lowest BCUT2D eigenvalue weighted by Gasteiger charge is -2.11. The van der Waals surface area contributed by atoms with Crippen LogP contribution < -0.4 is 16.2 Å². The van der Waals surface area contributed by atoms with Gasteiger partial charge in [-0.3, -0.25) is 14.4 Å². The van der Waals surface area contributed by atoms with E-state index in [1.54, 1.807) is 35.0 Å². The van der Waals surface area contributed by atoms with Crippen molar-refractivity contribution in [3.05, 3.63) is 63.6 Å². The highest BCUT2D eigenvalue weighted by Crippen LogP contribution is 2.21. The molecular weight excluding hydrogens is 330 g/mol. The van der Waals surface area contributed by atoms with E-state index in [1.807, 2.05) is 13.8 Å². The van der Waals surface area contributed by atoms with E-state index in [0.717, 1.165) is 24.8 Å². The molecule has 0 aliphatic heterocycles. The number of hydrogen-bond acceptors (Lipinski definition) is 3. The van der Waals surface area contributed by atoms with Gasteiger partial charge in [0.1, 0.15) is 0 Å². The van der Waals surface area contributed by atoms with Crippen molar-refractivity contribution in [3.63, 3.8) is 0 Å². The maximum atomic E-state index is 12.5. The highest BCUT2D eigenvalue weighted by atomic mass is 16.2. The van der Waals surface area contributed by atoms with Crippen molar-refractivity contribution in [2.75, 3.05) is 5.32 Å². The number of benzene rings is 1. The van der Waals surface area contributed by atoms with Gasteiger partial charge in [0, 0.05) is 41.7 Å². The Bertz CT molecular complexity index is 897. The Morgan fingerprint density at radius 2 is 1.85 bits per heavy atom. The summed E-state index contributed by atoms with van der Waals surface area (Å²) < 4.78 is 1.57. The Balaban J connectivity index is 1.77. The maximum Gasteiger partial charge on any atom is 0.255 e. The predicted molar refractivity (Wildman–Crippen MR) is 101 cm³/mol. The van der Waals surface area contributed by atoms with Crippen molar-refractivity contribution in [3.8, 4) is 0 Å². The van der Waals surface area contributed by atoms with Crippen LogP contribution in [-0.2, 0) is 6.54 Å². The third-order valence-electron chi connectivity index (χ3n) is 4.38. The molecule has 6 nitrogen and oxygen atoms in total. The van der Waals surface area contributed by atoms with Gasteiger partial charge in [-0.05, 0) is 49.9 Å². The molecule has 0 radical (unpaired) electrons. The summed E-state index contributed by atoms with van der Waals surface area (Å²) in [5.41, 5.74) is 2.02. The molecule has 1 saturated carbocycles. The van der Waals surface area contributed by atoms with Gasteiger partial charge in [0.15, 0.2) is 0 Å². The number of nitrogens with zero attached hydrogens (tertiary/aromatic N) is 1. The van der Waals surface area contributed by atoms with Crippen molar-refractivity contribution in [2.24, 2.45) is 0 Å². The molecule has 26 heavy (non-hydrogen) atoms. The number of carbonyl (C=O) groups excluding carboxylic acids is 2. The Labute approximate surface area is 152 Å². The fourth-order valence-corrected chi connectivity index (χ4v) is 2.66. The lowest BCUT2D eigenvalue weighted by molar-refractivity contribution is 0.0949. The summed E-state index contributed by atoms with van der Waals surface area (Å²) >= 11 is 0. The van der Waals surface area contributed by atoms with Crippen LogP contribution in [0.25, 0.3) is 0 Å². The molecule has 2 amide bonds. The van der Waals surface area contributed by atoms with Crippen LogP contribution in [0.3, 0.4) is 0 Å². The molecular formula is C20H23N3O3. The Morgan fingerprint density at radius 1 is 1.12 bits per heavy atom. The molecule has 0 saturated heterocycles. The lowest BCUT2D eigenvalue weighted by atomic mass is 10.1. The maximum absolute atomic E-state index is 12.5. The Kier molecular flexibility index (Phi) is 5.21. The van der Waals surface area contributed by atoms with Crippen LogP contribution in [0, 0.1) is 6.92 Å². The third-order valence-corrected chi connectivity index (χ3v) is 4.38. The topological polar surface area (TPSA) is 80.2 Å². The summed E-state index contributed by atoms with van der Waals surface area (Å²) in [6.45, 7) is 4.47. The molecule has 1 heterocycles. The molecule has 0 bridgehead atoms. The Hall–Kier alpha value is -2.89. The second kappa shape index (κ2) is 7.56. The van der Waals surface area contributed by atoms with Gasteiger partial charge in [-0.2, -0.15) is 0 Å². The van der Waals surface area contributed by atoms with Gasteiger partial charge in [0.2, 0.25) is 0 Å². The average molecular weight is 353 g/mol. The van der Waals surface area contributed by atoms with Crippen molar-refractivity contribution in [1.82, 2.24) is 9.88 Å². The van der Waals surface area contributed by atoms with E-state index >= 15 is 0 Å². The molecule has 1 aliphatic carbocycles. The lowest BCUT2D eigenvalue weighted by Crippen LogP contribution is -2.25. The number of rotatable bonds is 6. The number of pyridine rings is 1. The van der Waals surface area contributed by atoms with Crippen LogP contribution in [0.15, 0.2) is 41.3 Å². The van der Waals surface area contributed by atoms with Crippen LogP contribution in [0.1, 0.15) is 52.5 Å². The van der Waals surface area contributed by atoms with Gasteiger partial charge in [0.05, 0.1) is 0 Å². The van der Waals surface area contributed by atoms with Crippen molar-refractivity contribution in [2.45, 2.75) is 45.7 Å². The minimum Gasteiger partial charge on any atom is -0.349 e. The molecule has 1 aliphatic rings. The van der Waals surface area contributed by atoms with Crippen molar-refractivity contribution < 1.29 is 9.59 Å². The van der Waals surface area contributed by atoms with Crippen LogP contribution >= 0.6 is 0 Å². The van der Waals surface area contributed by atoms with Gasteiger partial charge < -0.3 is 15.2 Å². The molecule has 0 spiro atoms. The second-order valence-electron chi connectivity index (χ2n) is 6.68. The number of carbonyl (C=O) groups is 2. The standard InChI is InChI=1S/C20H23N3O3/c1-3-9-23-10-8-15(12-18(23)24)20(26)22-17-11-14(5-4-13(17)2)19(25)21-16-6-7-16/h4-5,8,10-12,16H,3,6-7,9H2,1-2H3,(H,21,25)(H,22,26). The monoisotopic (exact) mass is 353 g/mol. The zero-order chi connectivity index (χ0) is 18.7. The number of aryl methyl sites for hydroxylation is 2. The quantitative estimate of drug-likeness (QED) is 0.838. The van der Waals surface area contributed by atoms with Crippen molar-refractivity contribution in [1.29, 1.82) is 0 Å². The van der Waals surface area contributed by atoms with Gasteiger partial charge in [-0.1, -0.05) is 13.0 Å². The third kappa shape index (κ3) is 4.20. The molecule has 1 fully saturated rings. The summed E-state index contributed by atoms with van der Waals surface area (Å²) in [6, 6.07) is 8.46. The first-order valence-corrected chi connectivity index (χ1v) is 8.91. The van der Waals surface area contributed by atoms with Gasteiger partial charge in [-0.25, -0.2) is 0 Å². The molecule has 1 aromatic carbocycles. The van der Waals surface area contributed by atoms with E-state index in [4.69, 9.17) is 0 Å². The minimum absolute atomic E-state index is 0.134. The smallest absolute Gasteiger partial charge is 0.255 e. The summed E-state index contributed by atoms with van der Waals surface area (Å²) in [7, 11) is 0. The molecule has 6 heteroatoms. The van der Waals surface area contributed by atoms with E-state index in [2.05, 4.69) is 10.6 Å². The summed E-state index contributed by atoms with van der Waals surface area (Å²) in [6.07, 6.45) is 4.52. The highest BCUT2D eigenvalue weighted by molar-refractivity contribution is 6.05. The zero-order valence-electron chi connectivity index (χ0n) is 15.0. The summed E-state index contributed by atoms with van der Waals surface area (Å²) in [5, 5.41) is 5.73. The summed E-state index contributed by atoms with van der Waals surface area (Å²) in [4.78, 5) is 36.7. The number of aromatic nitrogens is 1. The minimum atomic E-state index is -0.367. The molecule has 2 N–H and O–H groups in total. The van der Waals surface area contributed by atoms with E-state index in [9.17, 15) is 14.4 Å². The first kappa shape index (κ1) is 17.9. The fraction of sp³-hybridized carbons (Fsp3) is 0.350. The normalized spacial score (nSPS) is 13.3. The van der Waals surface area contributed by atoms with E-state index < -0.39 is 0 Å². The second-order valence-corrected chi connectivity index (χ2v) is 6.68. The van der Waals surface area contributed by atoms with E-state index in [1.165, 1.54) is 6.07 Å². The largest absolute Gasteiger partial charge is 0.349 e. The number of hydrogen-bond donors (Lipinski definition) is 2. The molecule has 136 valence electrons. The van der Waals surface area contributed by atoms with Crippen molar-refractivity contribution >= 4 is 17.5 Å². The highest BCUT2D eigenvalue weighted by Gasteiger charge is 2.24. The summed E-state index contributed by atoms with van der Waals surface area (Å²) in [5.74, 6) is -0.501. The average Bonchev–Trinajstić information content (AvgIpc) is 3.42. The van der Waals surface area contributed by atoms with Crippen LogP contribution in [0.2, 0.25) is 0 Å². The first-order chi connectivity index (χ1) is 12.5. The number of amides is 2. The molecule has 1 aromatic heterocycles. The Morgan fingerprint density at radius 3 is 2.50 bits per heavy atom. The number of nitrogens with one attached hydrogen (secondary N) is 2. The molecule has 0 atom stereocenters. The molecule has 2 aromatic rings. The zero-order valence-corrected chi connectivity index (χ0v) is 15.0.